The zero-order valence-electron chi connectivity index (χ0n) is 25.9. The first-order valence-corrected chi connectivity index (χ1v) is 16.0. The first-order chi connectivity index (χ1) is 21.4. The van der Waals surface area contributed by atoms with Crippen molar-refractivity contribution in [3.63, 3.8) is 0 Å². The molecule has 1 heteroatoms. The van der Waals surface area contributed by atoms with E-state index < -0.39 is 0 Å². The van der Waals surface area contributed by atoms with Gasteiger partial charge in [0.2, 0.25) is 6.71 Å². The maximum absolute atomic E-state index is 2.56. The predicted molar refractivity (Wildman–Crippen MR) is 187 cm³/mol. The van der Waals surface area contributed by atoms with Crippen molar-refractivity contribution in [2.75, 3.05) is 0 Å². The van der Waals surface area contributed by atoms with E-state index in [1.54, 1.807) is 0 Å². The summed E-state index contributed by atoms with van der Waals surface area (Å²) in [5.74, 6) is 0. The molecule has 0 fully saturated rings. The van der Waals surface area contributed by atoms with Crippen LogP contribution in [0.25, 0.3) is 33.4 Å². The van der Waals surface area contributed by atoms with Gasteiger partial charge in [0, 0.05) is 10.8 Å². The maximum atomic E-state index is 2.56. The molecule has 0 unspecified atom stereocenters. The molecular formula is C43H35B. The second kappa shape index (κ2) is 8.96. The largest absolute Gasteiger partial charge is 0.242 e. The molecule has 44 heavy (non-hydrogen) atoms. The molecule has 2 aliphatic heterocycles. The monoisotopic (exact) mass is 562 g/mol. The fourth-order valence-electron chi connectivity index (χ4n) is 8.95. The predicted octanol–water partition coefficient (Wildman–Crippen LogP) is 8.39. The summed E-state index contributed by atoms with van der Waals surface area (Å²) in [5.41, 5.74) is 21.2. The molecule has 6 aromatic carbocycles. The molecule has 0 nitrogen and oxygen atoms in total. The Morgan fingerprint density at radius 2 is 0.886 bits per heavy atom. The zero-order valence-corrected chi connectivity index (χ0v) is 25.9. The van der Waals surface area contributed by atoms with Crippen LogP contribution in [0.4, 0.5) is 0 Å². The van der Waals surface area contributed by atoms with E-state index in [1.165, 1.54) is 83.1 Å². The van der Waals surface area contributed by atoms with Crippen LogP contribution < -0.4 is 16.4 Å². The van der Waals surface area contributed by atoms with Gasteiger partial charge in [-0.2, -0.15) is 0 Å². The van der Waals surface area contributed by atoms with E-state index in [2.05, 4.69) is 155 Å². The third kappa shape index (κ3) is 3.36. The van der Waals surface area contributed by atoms with E-state index in [1.807, 2.05) is 0 Å². The lowest BCUT2D eigenvalue weighted by atomic mass is 9.27. The van der Waals surface area contributed by atoms with Gasteiger partial charge in [-0.1, -0.05) is 171 Å². The highest BCUT2D eigenvalue weighted by molar-refractivity contribution is 6.97. The molecule has 0 spiro atoms. The Kier molecular flexibility index (Phi) is 5.26. The third-order valence-corrected chi connectivity index (χ3v) is 11.1. The van der Waals surface area contributed by atoms with Crippen LogP contribution in [0.5, 0.6) is 0 Å². The first kappa shape index (κ1) is 25.8. The van der Waals surface area contributed by atoms with Crippen molar-refractivity contribution < 1.29 is 0 Å². The normalized spacial score (nSPS) is 16.0. The minimum atomic E-state index is -0.100. The van der Waals surface area contributed by atoms with Crippen LogP contribution in [-0.4, -0.2) is 6.71 Å². The molecule has 0 aromatic heterocycles. The molecular weight excluding hydrogens is 527 g/mol. The molecule has 3 aliphatic rings. The van der Waals surface area contributed by atoms with Gasteiger partial charge in [0.15, 0.2) is 0 Å². The smallest absolute Gasteiger partial charge is 0.0667 e. The number of fused-ring (bicyclic) bond motifs is 7. The van der Waals surface area contributed by atoms with Gasteiger partial charge in [0.05, 0.1) is 0 Å². The molecule has 210 valence electrons. The topological polar surface area (TPSA) is 0 Å². The van der Waals surface area contributed by atoms with Gasteiger partial charge in [-0.15, -0.1) is 0 Å². The van der Waals surface area contributed by atoms with E-state index in [-0.39, 0.29) is 17.5 Å². The lowest BCUT2D eigenvalue weighted by molar-refractivity contribution is 0.622. The Morgan fingerprint density at radius 3 is 1.43 bits per heavy atom. The number of benzene rings is 6. The highest BCUT2D eigenvalue weighted by Gasteiger charge is 2.48. The number of rotatable bonds is 2. The average Bonchev–Trinajstić information content (AvgIpc) is 3.44. The summed E-state index contributed by atoms with van der Waals surface area (Å²) < 4.78 is 0. The fourth-order valence-corrected chi connectivity index (χ4v) is 8.95. The van der Waals surface area contributed by atoms with Gasteiger partial charge in [-0.3, -0.25) is 0 Å². The lowest BCUT2D eigenvalue weighted by Crippen LogP contribution is -2.66. The van der Waals surface area contributed by atoms with Crippen LogP contribution in [0, 0.1) is 0 Å². The van der Waals surface area contributed by atoms with Crippen molar-refractivity contribution in [3.05, 3.63) is 161 Å². The molecule has 0 atom stereocenters. The van der Waals surface area contributed by atoms with Crippen LogP contribution >= 0.6 is 0 Å². The Labute approximate surface area is 261 Å². The minimum Gasteiger partial charge on any atom is -0.0667 e. The Bertz CT molecular complexity index is 2070. The third-order valence-electron chi connectivity index (χ3n) is 11.1. The molecule has 9 rings (SSSR count). The maximum Gasteiger partial charge on any atom is 0.242 e. The summed E-state index contributed by atoms with van der Waals surface area (Å²) in [6, 6.07) is 48.2. The van der Waals surface area contributed by atoms with Crippen LogP contribution in [0.2, 0.25) is 0 Å². The first-order valence-electron chi connectivity index (χ1n) is 16.0. The van der Waals surface area contributed by atoms with Gasteiger partial charge in [0.25, 0.3) is 0 Å². The van der Waals surface area contributed by atoms with Crippen LogP contribution in [0.3, 0.4) is 0 Å². The van der Waals surface area contributed by atoms with Crippen LogP contribution in [0.1, 0.15) is 61.1 Å². The second-order valence-corrected chi connectivity index (χ2v) is 14.0. The van der Waals surface area contributed by atoms with E-state index in [0.717, 1.165) is 6.42 Å². The number of hydrogen-bond donors (Lipinski definition) is 0. The van der Waals surface area contributed by atoms with Crippen molar-refractivity contribution in [1.82, 2.24) is 0 Å². The Morgan fingerprint density at radius 1 is 0.432 bits per heavy atom. The number of hydrogen-bond acceptors (Lipinski definition) is 0. The van der Waals surface area contributed by atoms with Crippen LogP contribution in [-0.2, 0) is 17.3 Å². The molecule has 0 N–H and O–H groups in total. The quantitative estimate of drug-likeness (QED) is 0.186. The minimum absolute atomic E-state index is 0.100. The van der Waals surface area contributed by atoms with Gasteiger partial charge in [0.1, 0.15) is 0 Å². The fraction of sp³-hybridized carbons (Fsp3) is 0.163. The van der Waals surface area contributed by atoms with E-state index in [9.17, 15) is 0 Å². The Balaban J connectivity index is 1.29. The van der Waals surface area contributed by atoms with Crippen molar-refractivity contribution in [3.8, 4) is 33.4 Å². The molecule has 6 aromatic rings. The summed E-state index contributed by atoms with van der Waals surface area (Å²) in [6.07, 6.45) is 0.958. The average molecular weight is 563 g/mol. The summed E-state index contributed by atoms with van der Waals surface area (Å²) >= 11 is 0. The summed E-state index contributed by atoms with van der Waals surface area (Å²) in [5, 5.41) is 0. The van der Waals surface area contributed by atoms with Crippen molar-refractivity contribution in [2.24, 2.45) is 0 Å². The SMILES string of the molecule is CC1(C)c2ccccc2B2c3ccccc3C(C)(C)c3cc(-c4cccc5c4Cc4c(-c6ccccc6)cccc4-5)cc1c32. The van der Waals surface area contributed by atoms with E-state index in [4.69, 9.17) is 0 Å². The molecule has 0 radical (unpaired) electrons. The summed E-state index contributed by atoms with van der Waals surface area (Å²) in [7, 11) is 0. The molecule has 0 amide bonds. The molecule has 0 bridgehead atoms. The van der Waals surface area contributed by atoms with Gasteiger partial charge >= 0.3 is 0 Å². The second-order valence-electron chi connectivity index (χ2n) is 14.0. The highest BCUT2D eigenvalue weighted by atomic mass is 14.4. The van der Waals surface area contributed by atoms with E-state index >= 15 is 0 Å². The van der Waals surface area contributed by atoms with Crippen molar-refractivity contribution >= 4 is 23.1 Å². The summed E-state index contributed by atoms with van der Waals surface area (Å²) in [6.45, 7) is 10.0. The van der Waals surface area contributed by atoms with Crippen LogP contribution in [0.15, 0.2) is 127 Å². The van der Waals surface area contributed by atoms with Gasteiger partial charge < -0.3 is 0 Å². The molecule has 1 aliphatic carbocycles. The highest BCUT2D eigenvalue weighted by Crippen LogP contribution is 2.47. The molecule has 0 saturated carbocycles. The standard InChI is InChI=1S/C43H35B/c1-42(2)35-20-8-10-22-39(35)44-40-23-11-9-21-36(40)43(3,4)38-25-28(24-37(42)41(38)44)30-17-13-19-32-31-18-12-16-29(33(31)26-34(30)32)27-14-6-5-7-15-27/h5-25H,26H2,1-4H3. The van der Waals surface area contributed by atoms with Gasteiger partial charge in [-0.25, -0.2) is 0 Å². The zero-order chi connectivity index (χ0) is 29.8. The van der Waals surface area contributed by atoms with E-state index in [0.29, 0.717) is 0 Å². The Hall–Kier alpha value is -4.62. The lowest BCUT2D eigenvalue weighted by Gasteiger charge is -2.47. The molecule has 2 heterocycles. The van der Waals surface area contributed by atoms with Gasteiger partial charge in [-0.05, 0) is 73.2 Å². The van der Waals surface area contributed by atoms with Crippen molar-refractivity contribution in [1.29, 1.82) is 0 Å². The molecule has 0 saturated heterocycles. The van der Waals surface area contributed by atoms with Crippen molar-refractivity contribution in [2.45, 2.75) is 44.9 Å². The summed E-state index contributed by atoms with van der Waals surface area (Å²) in [4.78, 5) is 0.